The van der Waals surface area contributed by atoms with Gasteiger partial charge < -0.3 is 10.1 Å². The van der Waals surface area contributed by atoms with Crippen molar-refractivity contribution in [1.29, 1.82) is 0 Å². The van der Waals surface area contributed by atoms with Crippen molar-refractivity contribution in [3.63, 3.8) is 0 Å². The molecule has 1 saturated heterocycles. The smallest absolute Gasteiger partial charge is 0.316 e. The molecule has 0 radical (unpaired) electrons. The number of hydrogen-bond donors (Lipinski definition) is 1. The number of unbranched alkanes of at least 4 members (excludes halogenated alkanes) is 2. The van der Waals surface area contributed by atoms with E-state index in [1.807, 2.05) is 18.2 Å². The molecular weight excluding hydrogens is 250 g/mol. The number of piperidine rings is 1. The minimum Gasteiger partial charge on any atom is -0.465 e. The van der Waals surface area contributed by atoms with E-state index in [1.165, 1.54) is 0 Å². The van der Waals surface area contributed by atoms with Gasteiger partial charge in [-0.05, 0) is 37.9 Å². The van der Waals surface area contributed by atoms with Crippen LogP contribution in [0.5, 0.6) is 0 Å². The number of esters is 1. The first-order chi connectivity index (χ1) is 9.79. The maximum atomic E-state index is 12.6. The van der Waals surface area contributed by atoms with Crippen LogP contribution in [-0.2, 0) is 14.9 Å². The van der Waals surface area contributed by atoms with E-state index in [-0.39, 0.29) is 5.97 Å². The number of carbonyl (C=O) groups is 1. The van der Waals surface area contributed by atoms with E-state index in [9.17, 15) is 4.79 Å². The molecule has 0 spiro atoms. The lowest BCUT2D eigenvalue weighted by Gasteiger charge is -2.35. The molecule has 0 bridgehead atoms. The number of benzene rings is 1. The molecule has 1 aromatic rings. The van der Waals surface area contributed by atoms with E-state index in [1.54, 1.807) is 0 Å². The Kier molecular flexibility index (Phi) is 5.60. The van der Waals surface area contributed by atoms with Crippen LogP contribution in [0.3, 0.4) is 0 Å². The topological polar surface area (TPSA) is 38.3 Å². The SMILES string of the molecule is CCCCCOC(=O)C1(c2ccccc2)CCNCC1. The fourth-order valence-electron chi connectivity index (χ4n) is 2.88. The van der Waals surface area contributed by atoms with Crippen molar-refractivity contribution in [1.82, 2.24) is 5.32 Å². The van der Waals surface area contributed by atoms with Crippen molar-refractivity contribution in [2.24, 2.45) is 0 Å². The molecule has 20 heavy (non-hydrogen) atoms. The van der Waals surface area contributed by atoms with Crippen LogP contribution >= 0.6 is 0 Å². The van der Waals surface area contributed by atoms with Crippen LogP contribution in [0.1, 0.15) is 44.6 Å². The zero-order valence-electron chi connectivity index (χ0n) is 12.4. The van der Waals surface area contributed by atoms with E-state index in [2.05, 4.69) is 24.4 Å². The van der Waals surface area contributed by atoms with Crippen molar-refractivity contribution in [3.05, 3.63) is 35.9 Å². The van der Waals surface area contributed by atoms with Crippen LogP contribution in [0, 0.1) is 0 Å². The molecule has 0 unspecified atom stereocenters. The maximum Gasteiger partial charge on any atom is 0.316 e. The van der Waals surface area contributed by atoms with Crippen molar-refractivity contribution in [2.45, 2.75) is 44.4 Å². The van der Waals surface area contributed by atoms with Crippen molar-refractivity contribution in [2.75, 3.05) is 19.7 Å². The molecule has 2 rings (SSSR count). The fourth-order valence-corrected chi connectivity index (χ4v) is 2.88. The summed E-state index contributed by atoms with van der Waals surface area (Å²) in [5, 5.41) is 3.33. The van der Waals surface area contributed by atoms with E-state index in [0.717, 1.165) is 50.8 Å². The summed E-state index contributed by atoms with van der Waals surface area (Å²) < 4.78 is 5.57. The average molecular weight is 275 g/mol. The van der Waals surface area contributed by atoms with Crippen molar-refractivity contribution < 1.29 is 9.53 Å². The van der Waals surface area contributed by atoms with Gasteiger partial charge in [-0.1, -0.05) is 50.1 Å². The summed E-state index contributed by atoms with van der Waals surface area (Å²) in [6.07, 6.45) is 4.87. The first kappa shape index (κ1) is 15.0. The first-order valence-corrected chi connectivity index (χ1v) is 7.73. The summed E-state index contributed by atoms with van der Waals surface area (Å²) in [6, 6.07) is 10.1. The van der Waals surface area contributed by atoms with Gasteiger partial charge >= 0.3 is 5.97 Å². The van der Waals surface area contributed by atoms with Gasteiger partial charge in [-0.15, -0.1) is 0 Å². The molecule has 0 aromatic heterocycles. The highest BCUT2D eigenvalue weighted by Gasteiger charge is 2.42. The van der Waals surface area contributed by atoms with Gasteiger partial charge in [-0.25, -0.2) is 0 Å². The van der Waals surface area contributed by atoms with E-state index in [0.29, 0.717) is 6.61 Å². The van der Waals surface area contributed by atoms with Crippen LogP contribution < -0.4 is 5.32 Å². The zero-order valence-corrected chi connectivity index (χ0v) is 12.4. The normalized spacial score (nSPS) is 17.6. The van der Waals surface area contributed by atoms with E-state index >= 15 is 0 Å². The van der Waals surface area contributed by atoms with Gasteiger partial charge in [0.2, 0.25) is 0 Å². The predicted molar refractivity (Wildman–Crippen MR) is 80.7 cm³/mol. The van der Waals surface area contributed by atoms with Gasteiger partial charge in [-0.3, -0.25) is 4.79 Å². The van der Waals surface area contributed by atoms with Gasteiger partial charge in [0.05, 0.1) is 12.0 Å². The summed E-state index contributed by atoms with van der Waals surface area (Å²) in [6.45, 7) is 4.45. The molecule has 1 aliphatic heterocycles. The molecule has 0 amide bonds. The fraction of sp³-hybridized carbons (Fsp3) is 0.588. The van der Waals surface area contributed by atoms with Gasteiger partial charge in [0.1, 0.15) is 0 Å². The average Bonchev–Trinajstić information content (AvgIpc) is 2.53. The number of rotatable bonds is 6. The molecule has 1 fully saturated rings. The Bertz CT molecular complexity index is 410. The van der Waals surface area contributed by atoms with Gasteiger partial charge in [-0.2, -0.15) is 0 Å². The monoisotopic (exact) mass is 275 g/mol. The highest BCUT2D eigenvalue weighted by Crippen LogP contribution is 2.34. The molecule has 1 N–H and O–H groups in total. The summed E-state index contributed by atoms with van der Waals surface area (Å²) in [5.41, 5.74) is 0.653. The predicted octanol–water partition coefficient (Wildman–Crippen LogP) is 3.04. The van der Waals surface area contributed by atoms with Gasteiger partial charge in [0, 0.05) is 0 Å². The second-order valence-corrected chi connectivity index (χ2v) is 5.54. The Morgan fingerprint density at radius 3 is 2.55 bits per heavy atom. The largest absolute Gasteiger partial charge is 0.465 e. The molecule has 1 aliphatic rings. The molecule has 1 heterocycles. The standard InChI is InChI=1S/C17H25NO2/c1-2-3-7-14-20-16(19)17(10-12-18-13-11-17)15-8-5-4-6-9-15/h4-6,8-9,18H,2-3,7,10-14H2,1H3. The molecule has 1 aromatic carbocycles. The highest BCUT2D eigenvalue weighted by molar-refractivity contribution is 5.83. The van der Waals surface area contributed by atoms with E-state index in [4.69, 9.17) is 4.74 Å². The van der Waals surface area contributed by atoms with Crippen molar-refractivity contribution in [3.8, 4) is 0 Å². The number of carbonyl (C=O) groups excluding carboxylic acids is 1. The Morgan fingerprint density at radius 2 is 1.90 bits per heavy atom. The maximum absolute atomic E-state index is 12.6. The first-order valence-electron chi connectivity index (χ1n) is 7.73. The molecule has 110 valence electrons. The third-order valence-electron chi connectivity index (χ3n) is 4.16. The Morgan fingerprint density at radius 1 is 1.20 bits per heavy atom. The van der Waals surface area contributed by atoms with Crippen LogP contribution in [0.15, 0.2) is 30.3 Å². The summed E-state index contributed by atoms with van der Waals surface area (Å²) in [7, 11) is 0. The number of hydrogen-bond acceptors (Lipinski definition) is 3. The van der Waals surface area contributed by atoms with Crippen LogP contribution in [0.2, 0.25) is 0 Å². The second-order valence-electron chi connectivity index (χ2n) is 5.54. The molecule has 0 atom stereocenters. The third-order valence-corrected chi connectivity index (χ3v) is 4.16. The number of ether oxygens (including phenoxy) is 1. The lowest BCUT2D eigenvalue weighted by molar-refractivity contribution is -0.152. The molecular formula is C17H25NO2. The molecule has 0 aliphatic carbocycles. The zero-order chi connectivity index (χ0) is 14.3. The molecule has 3 nitrogen and oxygen atoms in total. The summed E-state index contributed by atoms with van der Waals surface area (Å²) >= 11 is 0. The lowest BCUT2D eigenvalue weighted by Crippen LogP contribution is -2.46. The van der Waals surface area contributed by atoms with Crippen LogP contribution in [0.4, 0.5) is 0 Å². The minimum absolute atomic E-state index is 0.0405. The third kappa shape index (κ3) is 3.40. The number of nitrogens with one attached hydrogen (secondary N) is 1. The highest BCUT2D eigenvalue weighted by atomic mass is 16.5. The Balaban J connectivity index is 2.09. The summed E-state index contributed by atoms with van der Waals surface area (Å²) in [4.78, 5) is 12.6. The van der Waals surface area contributed by atoms with Crippen LogP contribution in [-0.4, -0.2) is 25.7 Å². The molecule has 3 heteroatoms. The van der Waals surface area contributed by atoms with Crippen molar-refractivity contribution >= 4 is 5.97 Å². The van der Waals surface area contributed by atoms with Gasteiger partial charge in [0.15, 0.2) is 0 Å². The quantitative estimate of drug-likeness (QED) is 0.640. The Hall–Kier alpha value is -1.35. The van der Waals surface area contributed by atoms with E-state index < -0.39 is 5.41 Å². The lowest BCUT2D eigenvalue weighted by atomic mass is 9.73. The van der Waals surface area contributed by atoms with Gasteiger partial charge in [0.25, 0.3) is 0 Å². The minimum atomic E-state index is -0.446. The second kappa shape index (κ2) is 7.44. The Labute approximate surface area is 121 Å². The summed E-state index contributed by atoms with van der Waals surface area (Å²) in [5.74, 6) is -0.0405. The molecule has 0 saturated carbocycles. The van der Waals surface area contributed by atoms with Crippen LogP contribution in [0.25, 0.3) is 0 Å².